The Morgan fingerprint density at radius 1 is 1.20 bits per heavy atom. The van der Waals surface area contributed by atoms with E-state index in [1.165, 1.54) is 17.2 Å². The maximum Gasteiger partial charge on any atom is 0.474 e. The normalized spacial score (nSPS) is 13.8. The second-order valence-corrected chi connectivity index (χ2v) is 11.3. The molecule has 4 rings (SSSR count). The van der Waals surface area contributed by atoms with Crippen LogP contribution in [0.3, 0.4) is 0 Å². The molecule has 0 saturated heterocycles. The lowest BCUT2D eigenvalue weighted by Gasteiger charge is -2.25. The first kappa shape index (κ1) is 28.8. The molecular formula is C28H29N6O5P. The molecule has 0 aliphatic rings. The molecule has 1 amide bonds. The van der Waals surface area contributed by atoms with Crippen molar-refractivity contribution in [3.63, 3.8) is 0 Å². The smallest absolute Gasteiger partial charge is 0.310 e. The number of pyridine rings is 3. The summed E-state index contributed by atoms with van der Waals surface area (Å²) >= 11 is 0. The van der Waals surface area contributed by atoms with Crippen molar-refractivity contribution in [1.82, 2.24) is 19.5 Å². The number of aromatic nitrogens is 4. The minimum Gasteiger partial charge on any atom is -0.310 e. The van der Waals surface area contributed by atoms with Gasteiger partial charge in [-0.15, -0.1) is 0 Å². The van der Waals surface area contributed by atoms with Gasteiger partial charge in [0.1, 0.15) is 23.6 Å². The number of rotatable bonds is 8. The number of phosphoric ester groups is 1. The number of nitrogens with zero attached hydrogens (tertiary/aromatic N) is 6. The molecule has 11 nitrogen and oxygen atoms in total. The number of nitriles is 1. The van der Waals surface area contributed by atoms with Crippen molar-refractivity contribution in [2.24, 2.45) is 0 Å². The average molecular weight is 561 g/mol. The van der Waals surface area contributed by atoms with Crippen LogP contribution in [0.5, 0.6) is 0 Å². The Kier molecular flexibility index (Phi) is 8.00. The molecule has 4 aromatic rings. The van der Waals surface area contributed by atoms with Crippen LogP contribution in [0.25, 0.3) is 33.3 Å². The quantitative estimate of drug-likeness (QED) is 0.214. The largest absolute Gasteiger partial charge is 0.474 e. The van der Waals surface area contributed by atoms with E-state index in [1.807, 2.05) is 18.2 Å². The number of carbonyl (C=O) groups is 1. The monoisotopic (exact) mass is 560 g/mol. The zero-order chi connectivity index (χ0) is 29.2. The molecule has 206 valence electrons. The Hall–Kier alpha value is -4.20. The van der Waals surface area contributed by atoms with Crippen LogP contribution >= 0.6 is 7.82 Å². The van der Waals surface area contributed by atoms with Crippen LogP contribution in [0.4, 0.5) is 5.69 Å². The van der Waals surface area contributed by atoms with Crippen LogP contribution < -0.4 is 4.90 Å². The zero-order valence-corrected chi connectivity index (χ0v) is 23.7. The zero-order valence-electron chi connectivity index (χ0n) is 22.8. The summed E-state index contributed by atoms with van der Waals surface area (Å²) in [6.45, 7) is 10.1. The lowest BCUT2D eigenvalue weighted by Crippen LogP contribution is -2.23. The number of amides is 1. The minimum absolute atomic E-state index is 0.233. The van der Waals surface area contributed by atoms with Crippen LogP contribution in [0.2, 0.25) is 0 Å². The predicted octanol–water partition coefficient (Wildman–Crippen LogP) is 5.63. The van der Waals surface area contributed by atoms with Crippen LogP contribution in [-0.2, 0) is 18.4 Å². The summed E-state index contributed by atoms with van der Waals surface area (Å²) < 4.78 is 25.1. The van der Waals surface area contributed by atoms with Gasteiger partial charge in [-0.3, -0.25) is 18.8 Å². The number of hydrogen-bond donors (Lipinski definition) is 1. The summed E-state index contributed by atoms with van der Waals surface area (Å²) in [5, 5.41) is 10.1. The van der Waals surface area contributed by atoms with Crippen molar-refractivity contribution in [3.8, 4) is 28.3 Å². The third kappa shape index (κ3) is 6.33. The molecule has 0 aliphatic heterocycles. The molecule has 0 fully saturated rings. The first-order valence-electron chi connectivity index (χ1n) is 12.3. The molecule has 0 radical (unpaired) electrons. The van der Waals surface area contributed by atoms with Gasteiger partial charge >= 0.3 is 7.82 Å². The maximum atomic E-state index is 12.7. The molecule has 4 heterocycles. The van der Waals surface area contributed by atoms with Crippen molar-refractivity contribution in [2.75, 3.05) is 11.9 Å². The van der Waals surface area contributed by atoms with E-state index in [9.17, 15) is 19.5 Å². The maximum absolute atomic E-state index is 12.7. The van der Waals surface area contributed by atoms with Gasteiger partial charge in [-0.2, -0.15) is 5.26 Å². The van der Waals surface area contributed by atoms with E-state index in [2.05, 4.69) is 21.5 Å². The van der Waals surface area contributed by atoms with Gasteiger partial charge in [-0.1, -0.05) is 6.58 Å². The third-order valence-electron chi connectivity index (χ3n) is 5.87. The Labute approximate surface area is 232 Å². The predicted molar refractivity (Wildman–Crippen MR) is 151 cm³/mol. The highest BCUT2D eigenvalue weighted by molar-refractivity contribution is 7.47. The number of hydrogen-bond acceptors (Lipinski definition) is 8. The fourth-order valence-electron chi connectivity index (χ4n) is 4.10. The third-order valence-corrected chi connectivity index (χ3v) is 7.22. The summed E-state index contributed by atoms with van der Waals surface area (Å²) in [6, 6.07) is 9.16. The fourth-order valence-corrected chi connectivity index (χ4v) is 5.32. The van der Waals surface area contributed by atoms with E-state index in [-0.39, 0.29) is 11.6 Å². The highest BCUT2D eigenvalue weighted by Gasteiger charge is 2.32. The van der Waals surface area contributed by atoms with Gasteiger partial charge in [0.15, 0.2) is 0 Å². The van der Waals surface area contributed by atoms with Gasteiger partial charge in [0.05, 0.1) is 17.5 Å². The van der Waals surface area contributed by atoms with Crippen molar-refractivity contribution >= 4 is 30.5 Å². The Balaban J connectivity index is 1.84. The minimum atomic E-state index is -4.42. The number of phosphoric acid groups is 1. The lowest BCUT2D eigenvalue weighted by atomic mass is 10.0. The van der Waals surface area contributed by atoms with Gasteiger partial charge in [0.2, 0.25) is 5.91 Å². The van der Waals surface area contributed by atoms with Crippen molar-refractivity contribution in [1.29, 1.82) is 5.26 Å². The summed E-state index contributed by atoms with van der Waals surface area (Å²) in [7, 11) is -2.79. The Bertz CT molecular complexity index is 1690. The second kappa shape index (κ2) is 11.1. The molecule has 0 bridgehead atoms. The molecule has 0 saturated carbocycles. The number of carbonyl (C=O) groups excluding carboxylic acids is 1. The van der Waals surface area contributed by atoms with Gasteiger partial charge < -0.3 is 14.4 Å². The second-order valence-electron chi connectivity index (χ2n) is 10.00. The molecule has 12 heteroatoms. The van der Waals surface area contributed by atoms with E-state index in [0.717, 1.165) is 0 Å². The van der Waals surface area contributed by atoms with E-state index in [4.69, 9.17) is 9.05 Å². The average Bonchev–Trinajstić information content (AvgIpc) is 3.30. The van der Waals surface area contributed by atoms with E-state index in [0.29, 0.717) is 39.0 Å². The van der Waals surface area contributed by atoms with Crippen LogP contribution in [0.1, 0.15) is 39.6 Å². The first-order chi connectivity index (χ1) is 18.8. The van der Waals surface area contributed by atoms with Crippen LogP contribution in [0, 0.1) is 11.3 Å². The summed E-state index contributed by atoms with van der Waals surface area (Å²) in [5.41, 5.74) is 3.20. The Morgan fingerprint density at radius 2 is 1.93 bits per heavy atom. The SMILES string of the molecule is C=CC(=O)N(C)c1cncc(-c2cnc3c(c2)c(-c2ccnc(C#N)c2)cn3C(C)OP(=O)(O)OC(C)(C)C)c1. The van der Waals surface area contributed by atoms with Crippen LogP contribution in [-0.4, -0.2) is 43.0 Å². The Morgan fingerprint density at radius 3 is 2.60 bits per heavy atom. The summed E-state index contributed by atoms with van der Waals surface area (Å²) in [4.78, 5) is 36.9. The molecule has 0 aliphatic carbocycles. The highest BCUT2D eigenvalue weighted by Crippen LogP contribution is 2.50. The first-order valence-corrected chi connectivity index (χ1v) is 13.8. The highest BCUT2D eigenvalue weighted by atomic mass is 31.2. The molecule has 2 atom stereocenters. The number of anilines is 1. The van der Waals surface area contributed by atoms with E-state index < -0.39 is 19.7 Å². The van der Waals surface area contributed by atoms with E-state index >= 15 is 0 Å². The van der Waals surface area contributed by atoms with Gasteiger partial charge in [-0.25, -0.2) is 14.5 Å². The summed E-state index contributed by atoms with van der Waals surface area (Å²) in [6.07, 6.45) is 8.44. The van der Waals surface area contributed by atoms with Gasteiger partial charge in [0.25, 0.3) is 0 Å². The topological polar surface area (TPSA) is 143 Å². The van der Waals surface area contributed by atoms with E-state index in [1.54, 1.807) is 76.2 Å². The molecular weight excluding hydrogens is 531 g/mol. The molecule has 2 unspecified atom stereocenters. The molecule has 4 aromatic heterocycles. The number of likely N-dealkylation sites (N-methyl/N-ethyl adjacent to an activating group) is 1. The fraction of sp³-hybridized carbons (Fsp3) is 0.250. The number of fused-ring (bicyclic) bond motifs is 1. The molecule has 1 N–H and O–H groups in total. The van der Waals surface area contributed by atoms with Gasteiger partial charge in [0, 0.05) is 53.9 Å². The molecule has 40 heavy (non-hydrogen) atoms. The summed E-state index contributed by atoms with van der Waals surface area (Å²) in [5.74, 6) is -0.275. The van der Waals surface area contributed by atoms with Crippen molar-refractivity contribution < 1.29 is 23.3 Å². The van der Waals surface area contributed by atoms with Crippen molar-refractivity contribution in [3.05, 3.63) is 73.6 Å². The van der Waals surface area contributed by atoms with Crippen molar-refractivity contribution in [2.45, 2.75) is 39.5 Å². The molecule has 0 aromatic carbocycles. The lowest BCUT2D eigenvalue weighted by molar-refractivity contribution is -0.113. The van der Waals surface area contributed by atoms with Crippen LogP contribution in [0.15, 0.2) is 67.9 Å². The molecule has 0 spiro atoms. The standard InChI is InChI=1S/C28H29N6O5P/c1-7-26(35)33(6)23-11-20(14-30-16-23)21-12-24-25(19-8-9-31-22(10-19)13-29)17-34(27(24)32-15-21)18(2)38-40(36,37)39-28(3,4)5/h7-12,14-18H,1H2,2-6H3,(H,36,37). The van der Waals surface area contributed by atoms with Gasteiger partial charge in [-0.05, 0) is 63.6 Å².